The summed E-state index contributed by atoms with van der Waals surface area (Å²) in [4.78, 5) is 29.1. The second kappa shape index (κ2) is 7.42. The first-order valence-corrected chi connectivity index (χ1v) is 8.77. The molecule has 2 aliphatic rings. The SMILES string of the molecule is COCCN1CCC[C@@]2(CCN(C(=O)c3cc(F)cc(C#N)c3)C2)C1=O. The fourth-order valence-electron chi connectivity index (χ4n) is 3.95. The Morgan fingerprint density at radius 1 is 1.35 bits per heavy atom. The molecule has 1 spiro atoms. The molecular formula is C19H22FN3O3. The van der Waals surface area contributed by atoms with Crippen LogP contribution >= 0.6 is 0 Å². The molecule has 138 valence electrons. The van der Waals surface area contributed by atoms with Crippen LogP contribution < -0.4 is 0 Å². The largest absolute Gasteiger partial charge is 0.383 e. The third-order valence-electron chi connectivity index (χ3n) is 5.30. The Balaban J connectivity index is 1.75. The number of halogens is 1. The van der Waals surface area contributed by atoms with Crippen molar-refractivity contribution in [2.75, 3.05) is 39.9 Å². The van der Waals surface area contributed by atoms with Crippen LogP contribution in [0.25, 0.3) is 0 Å². The van der Waals surface area contributed by atoms with Crippen molar-refractivity contribution in [2.24, 2.45) is 5.41 Å². The van der Waals surface area contributed by atoms with Gasteiger partial charge in [0, 0.05) is 38.9 Å². The van der Waals surface area contributed by atoms with Gasteiger partial charge in [-0.25, -0.2) is 4.39 Å². The first-order chi connectivity index (χ1) is 12.5. The standard InChI is InChI=1S/C19H22FN3O3/c1-26-8-7-22-5-2-3-19(18(22)25)4-6-23(13-19)17(24)15-9-14(12-21)10-16(20)11-15/h9-11H,2-8,13H2,1H3/t19-/m0/s1. The monoisotopic (exact) mass is 359 g/mol. The van der Waals surface area contributed by atoms with E-state index in [2.05, 4.69) is 0 Å². The van der Waals surface area contributed by atoms with Crippen LogP contribution in [0.3, 0.4) is 0 Å². The van der Waals surface area contributed by atoms with E-state index in [-0.39, 0.29) is 22.9 Å². The van der Waals surface area contributed by atoms with Crippen molar-refractivity contribution < 1.29 is 18.7 Å². The number of nitrogens with zero attached hydrogens (tertiary/aromatic N) is 3. The van der Waals surface area contributed by atoms with Crippen LogP contribution in [0.15, 0.2) is 18.2 Å². The maximum Gasteiger partial charge on any atom is 0.254 e. The van der Waals surface area contributed by atoms with Crippen molar-refractivity contribution >= 4 is 11.8 Å². The molecule has 0 aliphatic carbocycles. The molecule has 2 aliphatic heterocycles. The summed E-state index contributed by atoms with van der Waals surface area (Å²) in [7, 11) is 1.61. The normalized spacial score (nSPS) is 22.7. The number of amides is 2. The number of ether oxygens (including phenoxy) is 1. The lowest BCUT2D eigenvalue weighted by atomic mass is 9.78. The van der Waals surface area contributed by atoms with Gasteiger partial charge in [-0.3, -0.25) is 9.59 Å². The minimum absolute atomic E-state index is 0.0769. The molecule has 0 saturated carbocycles. The number of likely N-dealkylation sites (tertiary alicyclic amines) is 2. The van der Waals surface area contributed by atoms with Crippen LogP contribution in [0, 0.1) is 22.6 Å². The second-order valence-electron chi connectivity index (χ2n) is 6.99. The summed E-state index contributed by atoms with van der Waals surface area (Å²) < 4.78 is 18.7. The van der Waals surface area contributed by atoms with Crippen LogP contribution in [0.4, 0.5) is 4.39 Å². The zero-order valence-electron chi connectivity index (χ0n) is 14.8. The number of piperidine rings is 1. The number of hydrogen-bond donors (Lipinski definition) is 0. The van der Waals surface area contributed by atoms with Gasteiger partial charge in [-0.15, -0.1) is 0 Å². The van der Waals surface area contributed by atoms with Crippen molar-refractivity contribution in [1.82, 2.24) is 9.80 Å². The number of benzene rings is 1. The highest BCUT2D eigenvalue weighted by Crippen LogP contribution is 2.40. The molecule has 7 heteroatoms. The summed E-state index contributed by atoms with van der Waals surface area (Å²) >= 11 is 0. The highest BCUT2D eigenvalue weighted by atomic mass is 19.1. The van der Waals surface area contributed by atoms with Gasteiger partial charge in [-0.1, -0.05) is 0 Å². The molecule has 1 aromatic carbocycles. The van der Waals surface area contributed by atoms with E-state index >= 15 is 0 Å². The van der Waals surface area contributed by atoms with Crippen molar-refractivity contribution in [1.29, 1.82) is 5.26 Å². The van der Waals surface area contributed by atoms with Crippen LogP contribution in [-0.4, -0.2) is 61.5 Å². The molecule has 0 radical (unpaired) electrons. The molecule has 26 heavy (non-hydrogen) atoms. The topological polar surface area (TPSA) is 73.6 Å². The lowest BCUT2D eigenvalue weighted by Gasteiger charge is -2.39. The number of rotatable bonds is 4. The van der Waals surface area contributed by atoms with E-state index in [0.29, 0.717) is 39.2 Å². The highest BCUT2D eigenvalue weighted by molar-refractivity contribution is 5.96. The fourth-order valence-corrected chi connectivity index (χ4v) is 3.95. The first-order valence-electron chi connectivity index (χ1n) is 8.77. The van der Waals surface area contributed by atoms with Crippen molar-refractivity contribution in [2.45, 2.75) is 19.3 Å². The zero-order chi connectivity index (χ0) is 18.7. The second-order valence-corrected chi connectivity index (χ2v) is 6.99. The van der Waals surface area contributed by atoms with E-state index in [1.807, 2.05) is 11.0 Å². The Morgan fingerprint density at radius 3 is 2.88 bits per heavy atom. The van der Waals surface area contributed by atoms with Gasteiger partial charge in [0.25, 0.3) is 5.91 Å². The van der Waals surface area contributed by atoms with Gasteiger partial charge in [-0.05, 0) is 37.5 Å². The van der Waals surface area contributed by atoms with Gasteiger partial charge in [-0.2, -0.15) is 5.26 Å². The number of carbonyl (C=O) groups excluding carboxylic acids is 2. The van der Waals surface area contributed by atoms with E-state index in [1.54, 1.807) is 12.0 Å². The number of methoxy groups -OCH3 is 1. The Hall–Kier alpha value is -2.46. The molecule has 2 saturated heterocycles. The number of nitriles is 1. The lowest BCUT2D eigenvalue weighted by Crippen LogP contribution is -2.51. The third-order valence-corrected chi connectivity index (χ3v) is 5.30. The molecule has 6 nitrogen and oxygen atoms in total. The molecule has 1 aromatic rings. The van der Waals surface area contributed by atoms with Crippen LogP contribution in [0.5, 0.6) is 0 Å². The maximum atomic E-state index is 13.6. The van der Waals surface area contributed by atoms with Crippen LogP contribution in [0.1, 0.15) is 35.2 Å². The average molecular weight is 359 g/mol. The van der Waals surface area contributed by atoms with Gasteiger partial charge >= 0.3 is 0 Å². The fraction of sp³-hybridized carbons (Fsp3) is 0.526. The molecule has 3 rings (SSSR count). The summed E-state index contributed by atoms with van der Waals surface area (Å²) in [6.07, 6.45) is 2.27. The predicted molar refractivity (Wildman–Crippen MR) is 91.8 cm³/mol. The first kappa shape index (κ1) is 18.3. The van der Waals surface area contributed by atoms with Crippen LogP contribution in [-0.2, 0) is 9.53 Å². The summed E-state index contributed by atoms with van der Waals surface area (Å²) in [5.74, 6) is -0.867. The van der Waals surface area contributed by atoms with Gasteiger partial charge in [0.15, 0.2) is 0 Å². The molecule has 0 N–H and O–H groups in total. The van der Waals surface area contributed by atoms with Gasteiger partial charge in [0.1, 0.15) is 5.82 Å². The summed E-state index contributed by atoms with van der Waals surface area (Å²) in [5, 5.41) is 8.97. The average Bonchev–Trinajstić information content (AvgIpc) is 3.07. The van der Waals surface area contributed by atoms with Gasteiger partial charge in [0.2, 0.25) is 5.91 Å². The van der Waals surface area contributed by atoms with E-state index in [1.165, 1.54) is 6.07 Å². The molecule has 2 heterocycles. The van der Waals surface area contributed by atoms with Crippen molar-refractivity contribution in [3.05, 3.63) is 35.1 Å². The number of hydrogen-bond acceptors (Lipinski definition) is 4. The molecule has 0 unspecified atom stereocenters. The summed E-state index contributed by atoms with van der Waals surface area (Å²) in [5.41, 5.74) is -0.285. The van der Waals surface area contributed by atoms with Gasteiger partial charge < -0.3 is 14.5 Å². The lowest BCUT2D eigenvalue weighted by molar-refractivity contribution is -0.146. The smallest absolute Gasteiger partial charge is 0.254 e. The molecule has 0 aromatic heterocycles. The third kappa shape index (κ3) is 3.42. The molecule has 2 amide bonds. The van der Waals surface area contributed by atoms with Crippen LogP contribution in [0.2, 0.25) is 0 Å². The Labute approximate surface area is 152 Å². The predicted octanol–water partition coefficient (Wildman–Crippen LogP) is 1.80. The van der Waals surface area contributed by atoms with E-state index in [4.69, 9.17) is 10.00 Å². The molecule has 0 bridgehead atoms. The highest BCUT2D eigenvalue weighted by Gasteiger charge is 2.49. The molecular weight excluding hydrogens is 337 g/mol. The summed E-state index contributed by atoms with van der Waals surface area (Å²) in [6.45, 7) is 2.56. The quantitative estimate of drug-likeness (QED) is 0.822. The van der Waals surface area contributed by atoms with Gasteiger partial charge in [0.05, 0.1) is 23.7 Å². The van der Waals surface area contributed by atoms with E-state index in [9.17, 15) is 14.0 Å². The number of carbonyl (C=O) groups is 2. The Morgan fingerprint density at radius 2 is 2.15 bits per heavy atom. The van der Waals surface area contributed by atoms with E-state index < -0.39 is 11.2 Å². The zero-order valence-corrected chi connectivity index (χ0v) is 14.8. The Kier molecular flexibility index (Phi) is 5.23. The van der Waals surface area contributed by atoms with Crippen molar-refractivity contribution in [3.8, 4) is 6.07 Å². The summed E-state index contributed by atoms with van der Waals surface area (Å²) in [6, 6.07) is 5.49. The molecule has 2 fully saturated rings. The van der Waals surface area contributed by atoms with E-state index in [0.717, 1.165) is 25.0 Å². The molecule has 1 atom stereocenters. The minimum atomic E-state index is -0.610. The minimum Gasteiger partial charge on any atom is -0.383 e. The Bertz CT molecular complexity index is 761. The maximum absolute atomic E-state index is 13.6. The van der Waals surface area contributed by atoms with Crippen molar-refractivity contribution in [3.63, 3.8) is 0 Å².